The fourth-order valence-electron chi connectivity index (χ4n) is 22.3. The van der Waals surface area contributed by atoms with Crippen LogP contribution < -0.4 is 19.6 Å². The van der Waals surface area contributed by atoms with Gasteiger partial charge >= 0.3 is 0 Å². The number of anilines is 12. The second-order valence-electron chi connectivity index (χ2n) is 38.2. The molecule has 0 atom stereocenters. The minimum absolute atomic E-state index is 0.153. The highest BCUT2D eigenvalue weighted by molar-refractivity contribution is 6.21. The van der Waals surface area contributed by atoms with E-state index in [1.54, 1.807) is 0 Å². The van der Waals surface area contributed by atoms with E-state index in [0.29, 0.717) is 0 Å². The van der Waals surface area contributed by atoms with Crippen LogP contribution in [0.3, 0.4) is 0 Å². The Labute approximate surface area is 802 Å². The topological polar surface area (TPSA) is 13.0 Å². The van der Waals surface area contributed by atoms with Crippen molar-refractivity contribution in [3.63, 3.8) is 0 Å². The van der Waals surface area contributed by atoms with Crippen LogP contribution in [-0.4, -0.2) is 0 Å². The lowest BCUT2D eigenvalue weighted by atomic mass is 9.82. The maximum absolute atomic E-state index is 2.50. The molecule has 3 aliphatic rings. The van der Waals surface area contributed by atoms with E-state index in [0.717, 1.165) is 73.6 Å². The molecule has 25 rings (SSSR count). The van der Waals surface area contributed by atoms with Crippen molar-refractivity contribution in [2.45, 2.75) is 57.8 Å². The average Bonchev–Trinajstić information content (AvgIpc) is 1.72. The van der Waals surface area contributed by atoms with Crippen molar-refractivity contribution in [3.05, 3.63) is 531 Å². The number of nitrogens with zero attached hydrogens (tertiary/aromatic N) is 4. The predicted molar refractivity (Wildman–Crippen MR) is 582 cm³/mol. The van der Waals surface area contributed by atoms with Crippen molar-refractivity contribution >= 4 is 111 Å². The highest BCUT2D eigenvalue weighted by atomic mass is 15.2. The van der Waals surface area contributed by atoms with Crippen LogP contribution in [0.25, 0.3) is 132 Å². The van der Waals surface area contributed by atoms with Gasteiger partial charge in [0.15, 0.2) is 0 Å². The zero-order valence-corrected chi connectivity index (χ0v) is 77.6. The van der Waals surface area contributed by atoms with Crippen LogP contribution in [0.15, 0.2) is 497 Å². The van der Waals surface area contributed by atoms with Crippen LogP contribution in [-0.2, 0) is 16.2 Å². The quantitative estimate of drug-likeness (QED) is 0.0843. The second kappa shape index (κ2) is 34.0. The van der Waals surface area contributed by atoms with Gasteiger partial charge in [-0.15, -0.1) is 0 Å². The van der Waals surface area contributed by atoms with E-state index in [2.05, 4.69) is 559 Å². The number of hydrogen-bond acceptors (Lipinski definition) is 4. The third-order valence-electron chi connectivity index (χ3n) is 29.3. The fraction of sp³-hybridized carbons (Fsp3) is 0.0677. The fourth-order valence-corrected chi connectivity index (χ4v) is 22.3. The molecule has 0 N–H and O–H groups in total. The molecule has 0 aromatic heterocycles. The van der Waals surface area contributed by atoms with Gasteiger partial charge in [0.1, 0.15) is 0 Å². The molecule has 0 saturated carbocycles. The summed E-state index contributed by atoms with van der Waals surface area (Å²) in [5, 5.41) is 9.54. The lowest BCUT2D eigenvalue weighted by Gasteiger charge is -2.32. The van der Waals surface area contributed by atoms with Gasteiger partial charge < -0.3 is 19.6 Å². The Morgan fingerprint density at radius 3 is 0.620 bits per heavy atom. The molecule has 0 radical (unpaired) electrons. The van der Waals surface area contributed by atoms with Crippen LogP contribution in [0.5, 0.6) is 0 Å². The van der Waals surface area contributed by atoms with Gasteiger partial charge in [-0.2, -0.15) is 0 Å². The highest BCUT2D eigenvalue weighted by Gasteiger charge is 2.40. The molecule has 4 heteroatoms. The summed E-state index contributed by atoms with van der Waals surface area (Å²) < 4.78 is 0. The van der Waals surface area contributed by atoms with E-state index < -0.39 is 0 Å². The maximum atomic E-state index is 2.50. The molecule has 0 amide bonds. The van der Waals surface area contributed by atoms with E-state index in [1.165, 1.54) is 160 Å². The molecule has 0 unspecified atom stereocenters. The van der Waals surface area contributed by atoms with Gasteiger partial charge in [-0.1, -0.05) is 418 Å². The van der Waals surface area contributed by atoms with Gasteiger partial charge in [0.05, 0.1) is 22.7 Å². The monoisotopic (exact) mass is 1750 g/mol. The van der Waals surface area contributed by atoms with Gasteiger partial charge in [-0.05, 0) is 265 Å². The van der Waals surface area contributed by atoms with Gasteiger partial charge in [0, 0.05) is 83.3 Å². The molecule has 0 fully saturated rings. The molecule has 4 nitrogen and oxygen atoms in total. The molecular weight excluding hydrogens is 1650 g/mol. The number of benzene rings is 22. The van der Waals surface area contributed by atoms with Crippen LogP contribution in [0.2, 0.25) is 0 Å². The standard InChI is InChI=1S/C68H52N2.C65H48N2/c1-67(2)60-25-15-13-23-55(60)57-39-36-52(43-62(57)67)69(50-32-27-47(28-33-50)45-17-7-5-8-18-45)64-41-42-65(66-54-22-12-11-21-49(54)31-38-59(64)66)70(51-34-29-48(30-35-51)46-19-9-6-10-20-46)53-37-40-58-56-24-14-16-26-61(56)68(3,4)63(58)44-53;1-65(2)60-25-15-14-24-57(60)58-41-39-55(44-61(58)65)67(54-37-30-50(31-38-54)47-20-10-5-11-21-47)62-42-43-63(64-56-23-13-12-22-51(56)32-40-59(62)64)66(52-33-26-48(27-34-52)45-16-6-3-7-17-45)53-35-28-49(29-36-53)46-18-8-4-9-19-46/h5-44H,1-4H3;3-44H,1-2H3. The molecule has 137 heavy (non-hydrogen) atoms. The minimum atomic E-state index is -0.161. The minimum Gasteiger partial charge on any atom is -0.310 e. The summed E-state index contributed by atoms with van der Waals surface area (Å²) in [6.45, 7) is 14.2. The first kappa shape index (κ1) is 83.2. The average molecular weight is 1750 g/mol. The summed E-state index contributed by atoms with van der Waals surface area (Å²) in [5.41, 5.74) is 40.8. The number of hydrogen-bond donors (Lipinski definition) is 0. The van der Waals surface area contributed by atoms with Gasteiger partial charge in [-0.3, -0.25) is 0 Å². The number of fused-ring (bicyclic) bond motifs is 15. The third-order valence-corrected chi connectivity index (χ3v) is 29.3. The Morgan fingerprint density at radius 1 is 0.139 bits per heavy atom. The van der Waals surface area contributed by atoms with Crippen molar-refractivity contribution in [3.8, 4) is 89.0 Å². The second-order valence-corrected chi connectivity index (χ2v) is 38.2. The Balaban J connectivity index is 0.000000150. The molecule has 22 aromatic carbocycles. The predicted octanol–water partition coefficient (Wildman–Crippen LogP) is 37.1. The summed E-state index contributed by atoms with van der Waals surface area (Å²) in [7, 11) is 0. The maximum Gasteiger partial charge on any atom is 0.0547 e. The Morgan fingerprint density at radius 2 is 0.343 bits per heavy atom. The van der Waals surface area contributed by atoms with Crippen LogP contribution >= 0.6 is 0 Å². The smallest absolute Gasteiger partial charge is 0.0547 e. The van der Waals surface area contributed by atoms with Crippen molar-refractivity contribution in [2.24, 2.45) is 0 Å². The molecule has 0 spiro atoms. The van der Waals surface area contributed by atoms with Crippen LogP contribution in [0.1, 0.15) is 74.9 Å². The molecule has 0 aliphatic heterocycles. The molecular formula is C133H100N4. The van der Waals surface area contributed by atoms with E-state index in [1.807, 2.05) is 0 Å². The molecule has 3 aliphatic carbocycles. The number of rotatable bonds is 17. The lowest BCUT2D eigenvalue weighted by Crippen LogP contribution is -2.17. The summed E-state index contributed by atoms with van der Waals surface area (Å²) >= 11 is 0. The lowest BCUT2D eigenvalue weighted by molar-refractivity contribution is 0.660. The van der Waals surface area contributed by atoms with Crippen LogP contribution in [0, 0.1) is 0 Å². The van der Waals surface area contributed by atoms with Gasteiger partial charge in [0.25, 0.3) is 0 Å². The first-order valence-corrected chi connectivity index (χ1v) is 47.8. The van der Waals surface area contributed by atoms with E-state index in [9.17, 15) is 0 Å². The Kier molecular flexibility index (Phi) is 20.6. The van der Waals surface area contributed by atoms with Crippen molar-refractivity contribution < 1.29 is 0 Å². The Bertz CT molecular complexity index is 8280. The Hall–Kier alpha value is -16.9. The van der Waals surface area contributed by atoms with Crippen LogP contribution in [0.4, 0.5) is 68.2 Å². The molecule has 0 saturated heterocycles. The highest BCUT2D eigenvalue weighted by Crippen LogP contribution is 2.58. The van der Waals surface area contributed by atoms with Crippen molar-refractivity contribution in [1.82, 2.24) is 0 Å². The molecule has 0 heterocycles. The third kappa shape index (κ3) is 14.5. The van der Waals surface area contributed by atoms with E-state index in [-0.39, 0.29) is 16.2 Å². The van der Waals surface area contributed by atoms with Crippen molar-refractivity contribution in [2.75, 3.05) is 19.6 Å². The van der Waals surface area contributed by atoms with Gasteiger partial charge in [-0.25, -0.2) is 0 Å². The summed E-state index contributed by atoms with van der Waals surface area (Å²) in [4.78, 5) is 9.91. The van der Waals surface area contributed by atoms with Gasteiger partial charge in [0.2, 0.25) is 0 Å². The molecule has 0 bridgehead atoms. The summed E-state index contributed by atoms with van der Waals surface area (Å²) in [6, 6.07) is 183. The summed E-state index contributed by atoms with van der Waals surface area (Å²) in [5.74, 6) is 0. The molecule has 22 aromatic rings. The van der Waals surface area contributed by atoms with E-state index >= 15 is 0 Å². The summed E-state index contributed by atoms with van der Waals surface area (Å²) in [6.07, 6.45) is 0. The first-order chi connectivity index (χ1) is 67.2. The zero-order chi connectivity index (χ0) is 92.0. The van der Waals surface area contributed by atoms with Crippen molar-refractivity contribution in [1.29, 1.82) is 0 Å². The molecule has 652 valence electrons. The largest absolute Gasteiger partial charge is 0.310 e. The zero-order valence-electron chi connectivity index (χ0n) is 77.6. The normalized spacial score (nSPS) is 13.1. The van der Waals surface area contributed by atoms with E-state index in [4.69, 9.17) is 0 Å². The SMILES string of the molecule is CC1(C)c2ccccc2-c2ccc(N(c3ccc(-c4ccccc4)cc3)c3ccc(N(c4ccc(-c5ccccc5)cc4)c4ccc(-c5ccccc5)cc4)c4c3ccc3ccccc34)cc21.CC1(C)c2ccccc2-c2ccc(N(c3ccc(-c4ccccc4)cc3)c3ccc(N(c4ccc(-c5ccccc5)cc4)c4ccc5c(c4)C(C)(C)c4ccccc4-5)c4c3ccc3ccccc34)cc21. The first-order valence-electron chi connectivity index (χ1n) is 47.8.